The van der Waals surface area contributed by atoms with Gasteiger partial charge in [0.1, 0.15) is 5.82 Å². The van der Waals surface area contributed by atoms with Gasteiger partial charge in [-0.15, -0.1) is 11.8 Å². The summed E-state index contributed by atoms with van der Waals surface area (Å²) in [6, 6.07) is 11.2. The Bertz CT molecular complexity index is 580. The van der Waals surface area contributed by atoms with Gasteiger partial charge in [0.15, 0.2) is 0 Å². The highest BCUT2D eigenvalue weighted by atomic mass is 35.5. The van der Waals surface area contributed by atoms with Gasteiger partial charge in [-0.3, -0.25) is 0 Å². The van der Waals surface area contributed by atoms with Crippen LogP contribution < -0.4 is 0 Å². The quantitative estimate of drug-likeness (QED) is 0.666. The molecule has 0 fully saturated rings. The molecule has 0 aromatic heterocycles. The van der Waals surface area contributed by atoms with Crippen molar-refractivity contribution in [1.29, 1.82) is 0 Å². The predicted molar refractivity (Wildman–Crippen MR) is 70.2 cm³/mol. The third-order valence-corrected chi connectivity index (χ3v) is 4.41. The first-order chi connectivity index (χ1) is 8.24. The summed E-state index contributed by atoms with van der Waals surface area (Å²) in [4.78, 5) is 0.778. The van der Waals surface area contributed by atoms with Crippen molar-refractivity contribution in [2.45, 2.75) is 17.1 Å². The molecular formula is C14H10ClFS. The third-order valence-electron chi connectivity index (χ3n) is 2.97. The summed E-state index contributed by atoms with van der Waals surface area (Å²) < 4.78 is 13.7. The number of halogens is 2. The molecule has 2 aromatic rings. The maximum Gasteiger partial charge on any atom is 0.137 e. The van der Waals surface area contributed by atoms with E-state index >= 15 is 0 Å². The Labute approximate surface area is 109 Å². The van der Waals surface area contributed by atoms with E-state index in [4.69, 9.17) is 11.6 Å². The summed E-state index contributed by atoms with van der Waals surface area (Å²) >= 11 is 7.54. The highest BCUT2D eigenvalue weighted by molar-refractivity contribution is 7.98. The van der Waals surface area contributed by atoms with Gasteiger partial charge >= 0.3 is 0 Å². The molecule has 17 heavy (non-hydrogen) atoms. The summed E-state index contributed by atoms with van der Waals surface area (Å²) in [5.74, 6) is 0.663. The average molecular weight is 265 g/mol. The normalized spacial score (nSPS) is 13.8. The van der Waals surface area contributed by atoms with Crippen LogP contribution in [0.15, 0.2) is 41.3 Å². The van der Waals surface area contributed by atoms with Gasteiger partial charge in [0.25, 0.3) is 0 Å². The molecule has 1 aliphatic heterocycles. The fourth-order valence-electron chi connectivity index (χ4n) is 2.11. The van der Waals surface area contributed by atoms with Crippen LogP contribution in [0.25, 0.3) is 0 Å². The largest absolute Gasteiger partial charge is 0.206 e. The van der Waals surface area contributed by atoms with Crippen molar-refractivity contribution in [3.8, 4) is 0 Å². The lowest BCUT2D eigenvalue weighted by molar-refractivity contribution is 0.598. The van der Waals surface area contributed by atoms with Gasteiger partial charge in [0.2, 0.25) is 0 Å². The van der Waals surface area contributed by atoms with Crippen LogP contribution in [0.3, 0.4) is 0 Å². The number of hydrogen-bond donors (Lipinski definition) is 0. The van der Waals surface area contributed by atoms with Crippen molar-refractivity contribution in [2.75, 3.05) is 0 Å². The summed E-state index contributed by atoms with van der Waals surface area (Å²) in [6.45, 7) is 0. The molecule has 0 aliphatic carbocycles. The van der Waals surface area contributed by atoms with Crippen molar-refractivity contribution in [3.63, 3.8) is 0 Å². The fraction of sp³-hybridized carbons (Fsp3) is 0.143. The van der Waals surface area contributed by atoms with E-state index in [2.05, 4.69) is 0 Å². The maximum absolute atomic E-state index is 13.7. The predicted octanol–water partition coefficient (Wildman–Crippen LogP) is 4.68. The van der Waals surface area contributed by atoms with Crippen LogP contribution in [-0.2, 0) is 12.2 Å². The standard InChI is InChI=1S/C14H10ClFS/c15-12-5-4-9-6-10-2-1-3-13(16)14(10)17-8-11(9)7-12/h1-5,7H,6,8H2. The molecule has 0 atom stereocenters. The van der Waals surface area contributed by atoms with Crippen LogP contribution in [0.2, 0.25) is 5.02 Å². The van der Waals surface area contributed by atoms with Crippen molar-refractivity contribution in [1.82, 2.24) is 0 Å². The monoisotopic (exact) mass is 264 g/mol. The van der Waals surface area contributed by atoms with E-state index in [9.17, 15) is 4.39 Å². The van der Waals surface area contributed by atoms with E-state index in [0.29, 0.717) is 0 Å². The lowest BCUT2D eigenvalue weighted by Gasteiger charge is -2.05. The van der Waals surface area contributed by atoms with E-state index in [1.807, 2.05) is 24.3 Å². The van der Waals surface area contributed by atoms with Crippen molar-refractivity contribution in [2.24, 2.45) is 0 Å². The van der Waals surface area contributed by atoms with Gasteiger partial charge in [0, 0.05) is 15.7 Å². The van der Waals surface area contributed by atoms with Gasteiger partial charge in [-0.25, -0.2) is 4.39 Å². The Morgan fingerprint density at radius 1 is 1.06 bits per heavy atom. The fourth-order valence-corrected chi connectivity index (χ4v) is 3.41. The minimum atomic E-state index is -0.119. The molecule has 1 aliphatic rings. The Balaban J connectivity index is 2.10. The molecule has 86 valence electrons. The van der Waals surface area contributed by atoms with Crippen LogP contribution in [0.4, 0.5) is 4.39 Å². The van der Waals surface area contributed by atoms with E-state index < -0.39 is 0 Å². The smallest absolute Gasteiger partial charge is 0.137 e. The van der Waals surface area contributed by atoms with E-state index in [0.717, 1.165) is 27.7 Å². The molecule has 0 bridgehead atoms. The number of hydrogen-bond acceptors (Lipinski definition) is 1. The minimum Gasteiger partial charge on any atom is -0.206 e. The molecule has 0 radical (unpaired) electrons. The summed E-state index contributed by atoms with van der Waals surface area (Å²) in [6.07, 6.45) is 0.784. The minimum absolute atomic E-state index is 0.119. The first kappa shape index (κ1) is 11.1. The Kier molecular flexibility index (Phi) is 2.85. The van der Waals surface area contributed by atoms with E-state index in [1.165, 1.54) is 17.2 Å². The van der Waals surface area contributed by atoms with Crippen LogP contribution >= 0.6 is 23.4 Å². The zero-order valence-electron chi connectivity index (χ0n) is 9.04. The van der Waals surface area contributed by atoms with E-state index in [1.54, 1.807) is 17.8 Å². The van der Waals surface area contributed by atoms with Gasteiger partial charge in [-0.2, -0.15) is 0 Å². The molecule has 0 spiro atoms. The Morgan fingerprint density at radius 3 is 2.82 bits per heavy atom. The van der Waals surface area contributed by atoms with Crippen molar-refractivity contribution < 1.29 is 4.39 Å². The lowest BCUT2D eigenvalue weighted by atomic mass is 10.0. The number of thioether (sulfide) groups is 1. The maximum atomic E-state index is 13.7. The third kappa shape index (κ3) is 2.07. The number of benzene rings is 2. The summed E-state index contributed by atoms with van der Waals surface area (Å²) in [7, 11) is 0. The number of fused-ring (bicyclic) bond motifs is 2. The van der Waals surface area contributed by atoms with Gasteiger partial charge in [-0.05, 0) is 41.3 Å². The Morgan fingerprint density at radius 2 is 1.94 bits per heavy atom. The second-order valence-electron chi connectivity index (χ2n) is 4.11. The average Bonchev–Trinajstić information content (AvgIpc) is 2.49. The summed E-state index contributed by atoms with van der Waals surface area (Å²) in [5.41, 5.74) is 3.51. The molecule has 0 unspecified atom stereocenters. The van der Waals surface area contributed by atoms with E-state index in [-0.39, 0.29) is 5.82 Å². The highest BCUT2D eigenvalue weighted by Crippen LogP contribution is 2.36. The van der Waals surface area contributed by atoms with Gasteiger partial charge < -0.3 is 0 Å². The zero-order chi connectivity index (χ0) is 11.8. The van der Waals surface area contributed by atoms with Crippen LogP contribution in [-0.4, -0.2) is 0 Å². The molecular weight excluding hydrogens is 255 g/mol. The molecule has 2 aromatic carbocycles. The molecule has 1 heterocycles. The second-order valence-corrected chi connectivity index (χ2v) is 5.53. The number of rotatable bonds is 0. The van der Waals surface area contributed by atoms with Crippen LogP contribution in [0, 0.1) is 5.82 Å². The van der Waals surface area contributed by atoms with Crippen LogP contribution in [0.1, 0.15) is 16.7 Å². The molecule has 0 saturated carbocycles. The lowest BCUT2D eigenvalue weighted by Crippen LogP contribution is -1.92. The van der Waals surface area contributed by atoms with Gasteiger partial charge in [-0.1, -0.05) is 29.8 Å². The van der Waals surface area contributed by atoms with Gasteiger partial charge in [0.05, 0.1) is 0 Å². The molecule has 0 amide bonds. The first-order valence-corrected chi connectivity index (χ1v) is 6.78. The highest BCUT2D eigenvalue weighted by Gasteiger charge is 2.16. The molecule has 0 saturated heterocycles. The summed E-state index contributed by atoms with van der Waals surface area (Å²) in [5, 5.41) is 0.746. The molecule has 0 nitrogen and oxygen atoms in total. The molecule has 3 heteroatoms. The zero-order valence-corrected chi connectivity index (χ0v) is 10.6. The molecule has 0 N–H and O–H groups in total. The molecule has 3 rings (SSSR count). The van der Waals surface area contributed by atoms with Crippen molar-refractivity contribution in [3.05, 3.63) is 63.9 Å². The first-order valence-electron chi connectivity index (χ1n) is 5.41. The SMILES string of the molecule is Fc1cccc2c1SCc1cc(Cl)ccc1C2. The topological polar surface area (TPSA) is 0 Å². The Hall–Kier alpha value is -0.990. The second kappa shape index (κ2) is 4.35. The van der Waals surface area contributed by atoms with Crippen molar-refractivity contribution >= 4 is 23.4 Å². The van der Waals surface area contributed by atoms with Crippen LogP contribution in [0.5, 0.6) is 0 Å².